The third kappa shape index (κ3) is 4.25. The summed E-state index contributed by atoms with van der Waals surface area (Å²) in [5.41, 5.74) is 2.30. The number of hydrogen-bond acceptors (Lipinski definition) is 5. The first-order valence-electron chi connectivity index (χ1n) is 9.26. The number of pyridine rings is 1. The molecule has 7 nitrogen and oxygen atoms in total. The van der Waals surface area contributed by atoms with E-state index in [0.717, 1.165) is 17.0 Å². The lowest BCUT2D eigenvalue weighted by atomic mass is 10.1. The van der Waals surface area contributed by atoms with Gasteiger partial charge in [0.05, 0.1) is 13.7 Å². The fourth-order valence-corrected chi connectivity index (χ4v) is 3.13. The van der Waals surface area contributed by atoms with Crippen LogP contribution in [0.15, 0.2) is 79.0 Å². The molecule has 0 spiro atoms. The molecular weight excluding hydrogens is 366 g/mol. The second kappa shape index (κ2) is 8.53. The van der Waals surface area contributed by atoms with Gasteiger partial charge in [-0.15, -0.1) is 10.2 Å². The number of hydrogen-bond donors (Lipinski definition) is 2. The van der Waals surface area contributed by atoms with Gasteiger partial charge in [-0.2, -0.15) is 0 Å². The number of ether oxygens (including phenoxy) is 1. The first-order chi connectivity index (χ1) is 14.2. The molecule has 0 unspecified atom stereocenters. The summed E-state index contributed by atoms with van der Waals surface area (Å²) < 4.78 is 7.13. The molecule has 1 atom stereocenters. The SMILES string of the molecule is COc1cccc(NC(=O)[C@@H](NCc2nnc3ccccn23)c2ccccc2)c1. The maximum absolute atomic E-state index is 13.1. The van der Waals surface area contributed by atoms with Gasteiger partial charge in [-0.05, 0) is 29.8 Å². The van der Waals surface area contributed by atoms with Crippen LogP contribution in [-0.2, 0) is 11.3 Å². The van der Waals surface area contributed by atoms with Crippen molar-refractivity contribution in [3.05, 3.63) is 90.4 Å². The van der Waals surface area contributed by atoms with Crippen molar-refractivity contribution in [3.8, 4) is 5.75 Å². The molecule has 146 valence electrons. The number of nitrogens with zero attached hydrogens (tertiary/aromatic N) is 3. The summed E-state index contributed by atoms with van der Waals surface area (Å²) >= 11 is 0. The van der Waals surface area contributed by atoms with Gasteiger partial charge in [0.15, 0.2) is 11.5 Å². The third-order valence-electron chi connectivity index (χ3n) is 4.58. The van der Waals surface area contributed by atoms with E-state index in [4.69, 9.17) is 4.74 Å². The van der Waals surface area contributed by atoms with Crippen molar-refractivity contribution in [1.82, 2.24) is 19.9 Å². The molecule has 0 aliphatic heterocycles. The van der Waals surface area contributed by atoms with Crippen LogP contribution in [0.1, 0.15) is 17.4 Å². The Morgan fingerprint density at radius 3 is 2.69 bits per heavy atom. The minimum atomic E-state index is -0.557. The molecule has 0 saturated heterocycles. The lowest BCUT2D eigenvalue weighted by molar-refractivity contribution is -0.118. The number of aromatic nitrogens is 3. The molecule has 4 aromatic rings. The summed E-state index contributed by atoms with van der Waals surface area (Å²) in [5, 5.41) is 14.7. The maximum Gasteiger partial charge on any atom is 0.246 e. The van der Waals surface area contributed by atoms with Crippen LogP contribution in [0.3, 0.4) is 0 Å². The molecule has 4 rings (SSSR count). The maximum atomic E-state index is 13.1. The highest BCUT2D eigenvalue weighted by atomic mass is 16.5. The van der Waals surface area contributed by atoms with Crippen LogP contribution in [0.2, 0.25) is 0 Å². The minimum absolute atomic E-state index is 0.168. The number of benzene rings is 2. The molecule has 0 aliphatic carbocycles. The van der Waals surface area contributed by atoms with Gasteiger partial charge in [-0.1, -0.05) is 42.5 Å². The summed E-state index contributed by atoms with van der Waals surface area (Å²) in [7, 11) is 1.60. The van der Waals surface area contributed by atoms with Crippen molar-refractivity contribution in [1.29, 1.82) is 0 Å². The van der Waals surface area contributed by atoms with Crippen molar-refractivity contribution in [2.24, 2.45) is 0 Å². The highest BCUT2D eigenvalue weighted by molar-refractivity contribution is 5.95. The van der Waals surface area contributed by atoms with E-state index in [9.17, 15) is 4.79 Å². The standard InChI is InChI=1S/C22H21N5O2/c1-29-18-11-7-10-17(14-18)24-22(28)21(16-8-3-2-4-9-16)23-15-20-26-25-19-12-5-6-13-27(19)20/h2-14,21,23H,15H2,1H3,(H,24,28)/t21-/m0/s1. The Hall–Kier alpha value is -3.71. The molecule has 29 heavy (non-hydrogen) atoms. The van der Waals surface area contributed by atoms with Crippen LogP contribution in [-0.4, -0.2) is 27.6 Å². The number of carbonyl (C=O) groups excluding carboxylic acids is 1. The first-order valence-corrected chi connectivity index (χ1v) is 9.26. The summed E-state index contributed by atoms with van der Waals surface area (Å²) in [6, 6.07) is 22.0. The van der Waals surface area contributed by atoms with Crippen molar-refractivity contribution in [3.63, 3.8) is 0 Å². The molecule has 0 aliphatic rings. The predicted octanol–water partition coefficient (Wildman–Crippen LogP) is 3.21. The summed E-state index contributed by atoms with van der Waals surface area (Å²) in [6.45, 7) is 0.385. The van der Waals surface area contributed by atoms with Crippen LogP contribution in [0, 0.1) is 0 Å². The average Bonchev–Trinajstić information content (AvgIpc) is 3.18. The molecule has 2 aromatic heterocycles. The number of methoxy groups -OCH3 is 1. The zero-order chi connectivity index (χ0) is 20.1. The van der Waals surface area contributed by atoms with Crippen molar-refractivity contribution < 1.29 is 9.53 Å². The Balaban J connectivity index is 1.55. The van der Waals surface area contributed by atoms with E-state index in [2.05, 4.69) is 20.8 Å². The quantitative estimate of drug-likeness (QED) is 0.509. The van der Waals surface area contributed by atoms with Crippen molar-refractivity contribution >= 4 is 17.2 Å². The summed E-state index contributed by atoms with van der Waals surface area (Å²) in [4.78, 5) is 13.1. The second-order valence-corrected chi connectivity index (χ2v) is 6.49. The summed E-state index contributed by atoms with van der Waals surface area (Å²) in [5.74, 6) is 1.25. The van der Waals surface area contributed by atoms with Gasteiger partial charge in [-0.3, -0.25) is 14.5 Å². The molecule has 2 aromatic carbocycles. The van der Waals surface area contributed by atoms with E-state index in [1.807, 2.05) is 77.3 Å². The molecule has 0 fully saturated rings. The van der Waals surface area contributed by atoms with E-state index in [1.54, 1.807) is 13.2 Å². The van der Waals surface area contributed by atoms with Gasteiger partial charge in [0.2, 0.25) is 5.91 Å². The third-order valence-corrected chi connectivity index (χ3v) is 4.58. The van der Waals surface area contributed by atoms with Gasteiger partial charge in [-0.25, -0.2) is 0 Å². The molecule has 2 heterocycles. The number of fused-ring (bicyclic) bond motifs is 1. The Labute approximate surface area is 168 Å². The van der Waals surface area contributed by atoms with Gasteiger partial charge in [0.25, 0.3) is 0 Å². The highest BCUT2D eigenvalue weighted by Crippen LogP contribution is 2.20. The van der Waals surface area contributed by atoms with E-state index >= 15 is 0 Å². The number of anilines is 1. The average molecular weight is 387 g/mol. The van der Waals surface area contributed by atoms with E-state index in [1.165, 1.54) is 0 Å². The molecule has 2 N–H and O–H groups in total. The highest BCUT2D eigenvalue weighted by Gasteiger charge is 2.21. The fraction of sp³-hybridized carbons (Fsp3) is 0.136. The smallest absolute Gasteiger partial charge is 0.246 e. The molecule has 0 saturated carbocycles. The molecule has 1 amide bonds. The van der Waals surface area contributed by atoms with Crippen LogP contribution in [0.5, 0.6) is 5.75 Å². The van der Waals surface area contributed by atoms with E-state index < -0.39 is 6.04 Å². The molecule has 0 radical (unpaired) electrons. The molecular formula is C22H21N5O2. The summed E-state index contributed by atoms with van der Waals surface area (Å²) in [6.07, 6.45) is 1.90. The zero-order valence-corrected chi connectivity index (χ0v) is 15.9. The largest absolute Gasteiger partial charge is 0.497 e. The fourth-order valence-electron chi connectivity index (χ4n) is 3.13. The first kappa shape index (κ1) is 18.6. The van der Waals surface area contributed by atoms with Crippen molar-refractivity contribution in [2.75, 3.05) is 12.4 Å². The Bertz CT molecular complexity index is 1110. The van der Waals surface area contributed by atoms with Gasteiger partial charge in [0, 0.05) is 18.0 Å². The number of carbonyl (C=O) groups is 1. The lowest BCUT2D eigenvalue weighted by Gasteiger charge is -2.19. The van der Waals surface area contributed by atoms with Crippen LogP contribution in [0.25, 0.3) is 5.65 Å². The van der Waals surface area contributed by atoms with Gasteiger partial charge < -0.3 is 10.1 Å². The Morgan fingerprint density at radius 2 is 1.86 bits per heavy atom. The van der Waals surface area contributed by atoms with E-state index in [0.29, 0.717) is 18.0 Å². The van der Waals surface area contributed by atoms with Crippen LogP contribution >= 0.6 is 0 Å². The normalized spacial score (nSPS) is 11.9. The lowest BCUT2D eigenvalue weighted by Crippen LogP contribution is -2.33. The number of nitrogens with one attached hydrogen (secondary N) is 2. The second-order valence-electron chi connectivity index (χ2n) is 6.49. The van der Waals surface area contributed by atoms with Gasteiger partial charge >= 0.3 is 0 Å². The topological polar surface area (TPSA) is 80.5 Å². The van der Waals surface area contributed by atoms with Crippen molar-refractivity contribution in [2.45, 2.75) is 12.6 Å². The minimum Gasteiger partial charge on any atom is -0.497 e. The molecule has 7 heteroatoms. The van der Waals surface area contributed by atoms with Crippen LogP contribution < -0.4 is 15.4 Å². The zero-order valence-electron chi connectivity index (χ0n) is 15.9. The van der Waals surface area contributed by atoms with Crippen LogP contribution in [0.4, 0.5) is 5.69 Å². The Morgan fingerprint density at radius 1 is 1.03 bits per heavy atom. The van der Waals surface area contributed by atoms with E-state index in [-0.39, 0.29) is 5.91 Å². The number of amides is 1. The Kier molecular flexibility index (Phi) is 5.49. The van der Waals surface area contributed by atoms with Gasteiger partial charge in [0.1, 0.15) is 11.8 Å². The number of rotatable bonds is 7. The monoisotopic (exact) mass is 387 g/mol. The predicted molar refractivity (Wildman–Crippen MR) is 111 cm³/mol. The molecule has 0 bridgehead atoms.